The fourth-order valence-electron chi connectivity index (χ4n) is 1.69. The molecule has 1 aromatic heterocycles. The Morgan fingerprint density at radius 1 is 0.864 bits per heavy atom. The van der Waals surface area contributed by atoms with E-state index in [1.807, 2.05) is 42.5 Å². The van der Waals surface area contributed by atoms with Crippen LogP contribution in [0.25, 0.3) is 22.4 Å². The third kappa shape index (κ3) is 7.36. The van der Waals surface area contributed by atoms with Crippen molar-refractivity contribution < 1.29 is 76.6 Å². The van der Waals surface area contributed by atoms with Crippen LogP contribution in [0, 0.1) is 0 Å². The van der Waals surface area contributed by atoms with Crippen molar-refractivity contribution in [1.82, 2.24) is 9.97 Å². The molecule has 3 rings (SSSR count). The van der Waals surface area contributed by atoms with Crippen LogP contribution in [0.2, 0.25) is 0 Å². The van der Waals surface area contributed by atoms with Crippen molar-refractivity contribution >= 4 is 21.4 Å². The summed E-state index contributed by atoms with van der Waals surface area (Å²) in [6, 6.07) is 18.2. The Balaban J connectivity index is 0.000000559. The Morgan fingerprint density at radius 3 is 1.91 bits per heavy atom. The Labute approximate surface area is 172 Å². The number of aromatic amines is 1. The summed E-state index contributed by atoms with van der Waals surface area (Å²) in [7, 11) is -5.17. The molecule has 0 bridgehead atoms. The number of para-hydroxylation sites is 2. The summed E-state index contributed by atoms with van der Waals surface area (Å²) in [5.41, 5.74) is 3.21. The summed E-state index contributed by atoms with van der Waals surface area (Å²) in [6.07, 6.45) is 0. The monoisotopic (exact) mass is 336 g/mol. The van der Waals surface area contributed by atoms with Crippen molar-refractivity contribution in [2.75, 3.05) is 0 Å². The molecule has 0 fully saturated rings. The summed E-state index contributed by atoms with van der Waals surface area (Å²) in [6.45, 7) is 0. The number of imidazole rings is 1. The summed E-state index contributed by atoms with van der Waals surface area (Å²) >= 11 is 0. The van der Waals surface area contributed by atoms with E-state index in [0.29, 0.717) is 0 Å². The van der Waals surface area contributed by atoms with E-state index in [-0.39, 0.29) is 59.1 Å². The molecule has 2 aromatic carbocycles. The van der Waals surface area contributed by atoms with E-state index in [4.69, 9.17) is 17.5 Å². The standard InChI is InChI=1S/C13H10N2.2Na.H2O4S/c1-2-6-10(7-3-1)13-14-11-8-4-5-9-12(11)15-13;;;1-5(2,3)4/h1-9H,(H,14,15);;;(H2,1,2,3,4)/q;2*+1;/p-2. The van der Waals surface area contributed by atoms with Crippen LogP contribution >= 0.6 is 0 Å². The van der Waals surface area contributed by atoms with Crippen molar-refractivity contribution in [2.24, 2.45) is 0 Å². The number of aromatic nitrogens is 2. The molecule has 0 spiro atoms. The number of hydrogen-bond donors (Lipinski definition) is 1. The maximum atomic E-state index is 8.52. The molecular weight excluding hydrogens is 326 g/mol. The van der Waals surface area contributed by atoms with E-state index in [1.54, 1.807) is 0 Å². The van der Waals surface area contributed by atoms with Crippen molar-refractivity contribution in [3.05, 3.63) is 54.6 Å². The van der Waals surface area contributed by atoms with Gasteiger partial charge in [-0.05, 0) is 12.1 Å². The number of nitrogens with one attached hydrogen (secondary N) is 1. The van der Waals surface area contributed by atoms with Crippen molar-refractivity contribution in [3.63, 3.8) is 0 Å². The summed E-state index contributed by atoms with van der Waals surface area (Å²) in [5, 5.41) is 0. The van der Waals surface area contributed by atoms with Gasteiger partial charge in [0.2, 0.25) is 0 Å². The van der Waals surface area contributed by atoms with Gasteiger partial charge in [-0.2, -0.15) is 0 Å². The first kappa shape index (κ1) is 21.8. The summed E-state index contributed by atoms with van der Waals surface area (Å²) in [4.78, 5) is 7.83. The quantitative estimate of drug-likeness (QED) is 0.276. The van der Waals surface area contributed by atoms with Crippen LogP contribution in [0.3, 0.4) is 0 Å². The number of rotatable bonds is 1. The maximum absolute atomic E-state index is 8.52. The van der Waals surface area contributed by atoms with E-state index in [2.05, 4.69) is 22.1 Å². The van der Waals surface area contributed by atoms with Crippen LogP contribution in [-0.2, 0) is 10.4 Å². The van der Waals surface area contributed by atoms with Crippen LogP contribution in [0.15, 0.2) is 54.6 Å². The van der Waals surface area contributed by atoms with Gasteiger partial charge in [0.25, 0.3) is 0 Å². The number of hydrogen-bond acceptors (Lipinski definition) is 5. The molecule has 0 unspecified atom stereocenters. The molecule has 0 aliphatic heterocycles. The van der Waals surface area contributed by atoms with Crippen LogP contribution in [0.4, 0.5) is 0 Å². The molecule has 0 aliphatic rings. The van der Waals surface area contributed by atoms with Gasteiger partial charge >= 0.3 is 59.1 Å². The topological polar surface area (TPSA) is 109 Å². The first-order valence-corrected chi connectivity index (χ1v) is 6.94. The van der Waals surface area contributed by atoms with Gasteiger partial charge in [-0.25, -0.2) is 4.98 Å². The maximum Gasteiger partial charge on any atom is 1.00 e. The minimum Gasteiger partial charge on any atom is -0.759 e. The zero-order chi connectivity index (χ0) is 14.6. The number of H-pyrrole nitrogens is 1. The fourth-order valence-corrected chi connectivity index (χ4v) is 1.69. The van der Waals surface area contributed by atoms with E-state index in [9.17, 15) is 0 Å². The first-order valence-electron chi connectivity index (χ1n) is 5.60. The molecule has 0 radical (unpaired) electrons. The minimum atomic E-state index is -5.17. The van der Waals surface area contributed by atoms with Crippen LogP contribution in [0.5, 0.6) is 0 Å². The average molecular weight is 336 g/mol. The second-order valence-electron chi connectivity index (χ2n) is 3.88. The van der Waals surface area contributed by atoms with Gasteiger partial charge in [0.05, 0.1) is 11.0 Å². The van der Waals surface area contributed by atoms with Gasteiger partial charge in [-0.3, -0.25) is 8.42 Å². The van der Waals surface area contributed by atoms with Crippen molar-refractivity contribution in [3.8, 4) is 11.4 Å². The van der Waals surface area contributed by atoms with Crippen molar-refractivity contribution in [2.45, 2.75) is 0 Å². The molecule has 0 amide bonds. The van der Waals surface area contributed by atoms with E-state index in [1.165, 1.54) is 0 Å². The molecule has 22 heavy (non-hydrogen) atoms. The summed E-state index contributed by atoms with van der Waals surface area (Å²) in [5.74, 6) is 0.928. The second-order valence-corrected chi connectivity index (χ2v) is 4.69. The van der Waals surface area contributed by atoms with Crippen LogP contribution < -0.4 is 59.1 Å². The van der Waals surface area contributed by atoms with E-state index in [0.717, 1.165) is 22.4 Å². The average Bonchev–Trinajstić information content (AvgIpc) is 2.81. The Bertz CT molecular complexity index is 766. The fraction of sp³-hybridized carbons (Fsp3) is 0. The largest absolute Gasteiger partial charge is 1.00 e. The smallest absolute Gasteiger partial charge is 0.759 e. The molecule has 0 saturated carbocycles. The van der Waals surface area contributed by atoms with E-state index < -0.39 is 10.4 Å². The van der Waals surface area contributed by atoms with Gasteiger partial charge in [0.15, 0.2) is 0 Å². The molecule has 3 aromatic rings. The Morgan fingerprint density at radius 2 is 1.36 bits per heavy atom. The molecule has 0 atom stereocenters. The molecule has 9 heteroatoms. The van der Waals surface area contributed by atoms with Gasteiger partial charge in [0.1, 0.15) is 5.82 Å². The van der Waals surface area contributed by atoms with Crippen molar-refractivity contribution in [1.29, 1.82) is 0 Å². The third-order valence-electron chi connectivity index (χ3n) is 2.44. The van der Waals surface area contributed by atoms with Crippen LogP contribution in [-0.4, -0.2) is 27.5 Å². The normalized spacial score (nSPS) is 9.91. The second kappa shape index (κ2) is 9.82. The molecule has 0 aliphatic carbocycles. The first-order chi connectivity index (χ1) is 9.43. The number of benzene rings is 2. The Hall–Kier alpha value is -0.220. The van der Waals surface area contributed by atoms with Crippen LogP contribution in [0.1, 0.15) is 0 Å². The van der Waals surface area contributed by atoms with Gasteiger partial charge in [-0.15, -0.1) is 0 Å². The van der Waals surface area contributed by atoms with Gasteiger partial charge < -0.3 is 14.1 Å². The zero-order valence-electron chi connectivity index (χ0n) is 12.2. The summed E-state index contributed by atoms with van der Waals surface area (Å²) < 4.78 is 34.1. The Kier molecular flexibility index (Phi) is 9.72. The molecule has 104 valence electrons. The van der Waals surface area contributed by atoms with Gasteiger partial charge in [-0.1, -0.05) is 42.5 Å². The molecule has 1 heterocycles. The minimum absolute atomic E-state index is 0. The number of nitrogens with zero attached hydrogens (tertiary/aromatic N) is 1. The SMILES string of the molecule is O=S(=O)([O-])[O-].[Na+].[Na+].c1ccc(-c2nc3ccccc3[nH]2)cc1. The molecule has 6 nitrogen and oxygen atoms in total. The molecular formula is C13H10N2Na2O4S. The predicted octanol–water partition coefficient (Wildman–Crippen LogP) is -4.10. The zero-order valence-corrected chi connectivity index (χ0v) is 17.0. The third-order valence-corrected chi connectivity index (χ3v) is 2.44. The molecule has 0 saturated heterocycles. The molecule has 1 N–H and O–H groups in total. The van der Waals surface area contributed by atoms with Gasteiger partial charge in [0, 0.05) is 16.0 Å². The predicted molar refractivity (Wildman–Crippen MR) is 72.0 cm³/mol. The number of fused-ring (bicyclic) bond motifs is 1. The van der Waals surface area contributed by atoms with E-state index >= 15 is 0 Å².